The number of anilines is 1. The number of benzene rings is 2. The number of hydrogen-bond donors (Lipinski definition) is 1. The Hall–Kier alpha value is -3.12. The molecule has 2 aromatic carbocycles. The number of nitrogens with one attached hydrogen (secondary N) is 1. The van der Waals surface area contributed by atoms with Crippen molar-refractivity contribution >= 4 is 11.8 Å². The molecule has 4 nitrogen and oxygen atoms in total. The number of carbonyl (C=O) groups excluding carboxylic acids is 1. The van der Waals surface area contributed by atoms with Gasteiger partial charge >= 0.3 is 24.6 Å². The second-order valence-corrected chi connectivity index (χ2v) is 8.11. The molecule has 0 unspecified atom stereocenters. The molecular formula is C22H19F9N2O2. The quantitative estimate of drug-likeness (QED) is 0.439. The Kier molecular flexibility index (Phi) is 6.93. The summed E-state index contributed by atoms with van der Waals surface area (Å²) in [4.78, 5) is 13.5. The summed E-state index contributed by atoms with van der Waals surface area (Å²) in [6.07, 6.45) is -15.8. The fourth-order valence-electron chi connectivity index (χ4n) is 3.96. The van der Waals surface area contributed by atoms with Gasteiger partial charge in [-0.05, 0) is 54.8 Å². The third-order valence-electron chi connectivity index (χ3n) is 5.50. The van der Waals surface area contributed by atoms with Gasteiger partial charge in [0.1, 0.15) is 0 Å². The molecule has 0 fully saturated rings. The number of amides is 1. The number of fused-ring (bicyclic) bond motifs is 1. The molecule has 1 aliphatic rings. The highest BCUT2D eigenvalue weighted by Gasteiger charge is 2.39. The molecule has 1 aliphatic heterocycles. The number of methoxy groups -OCH3 is 1. The summed E-state index contributed by atoms with van der Waals surface area (Å²) >= 11 is 0. The average molecular weight is 514 g/mol. The van der Waals surface area contributed by atoms with E-state index in [1.54, 1.807) is 6.92 Å². The Morgan fingerprint density at radius 1 is 0.914 bits per heavy atom. The highest BCUT2D eigenvalue weighted by Crippen LogP contribution is 2.42. The summed E-state index contributed by atoms with van der Waals surface area (Å²) in [6.45, 7) is 0.898. The molecule has 13 heteroatoms. The van der Waals surface area contributed by atoms with Gasteiger partial charge in [-0.15, -0.1) is 0 Å². The van der Waals surface area contributed by atoms with Crippen molar-refractivity contribution in [3.8, 4) is 0 Å². The lowest BCUT2D eigenvalue weighted by Gasteiger charge is -2.38. The molecule has 1 N–H and O–H groups in total. The van der Waals surface area contributed by atoms with Gasteiger partial charge in [0.2, 0.25) is 0 Å². The summed E-state index contributed by atoms with van der Waals surface area (Å²) < 4.78 is 124. The SMILES string of the molecule is COC(=O)N(Cc1cc(C(F)(F)F)cc(C(F)(F)F)c1)[C@H]1C[C@@H](C)Nc2cc(C(F)(F)F)ccc21. The van der Waals surface area contributed by atoms with Crippen molar-refractivity contribution in [3.05, 3.63) is 64.2 Å². The fraction of sp³-hybridized carbons (Fsp3) is 0.409. The molecule has 1 amide bonds. The van der Waals surface area contributed by atoms with Gasteiger partial charge in [0.25, 0.3) is 0 Å². The van der Waals surface area contributed by atoms with Gasteiger partial charge in [0.15, 0.2) is 0 Å². The van der Waals surface area contributed by atoms with Gasteiger partial charge in [-0.1, -0.05) is 6.07 Å². The van der Waals surface area contributed by atoms with E-state index in [-0.39, 0.29) is 23.7 Å². The molecule has 3 rings (SSSR count). The molecule has 1 heterocycles. The van der Waals surface area contributed by atoms with Crippen LogP contribution in [-0.2, 0) is 29.8 Å². The van der Waals surface area contributed by atoms with Crippen LogP contribution in [0.15, 0.2) is 36.4 Å². The number of halogens is 9. The van der Waals surface area contributed by atoms with Crippen LogP contribution < -0.4 is 5.32 Å². The molecule has 192 valence electrons. The molecule has 35 heavy (non-hydrogen) atoms. The number of ether oxygens (including phenoxy) is 1. The van der Waals surface area contributed by atoms with E-state index >= 15 is 0 Å². The van der Waals surface area contributed by atoms with E-state index in [0.717, 1.165) is 30.2 Å². The van der Waals surface area contributed by atoms with E-state index in [1.165, 1.54) is 0 Å². The van der Waals surface area contributed by atoms with Gasteiger partial charge in [-0.3, -0.25) is 4.90 Å². The zero-order chi connectivity index (χ0) is 26.3. The van der Waals surface area contributed by atoms with Crippen LogP contribution in [0.2, 0.25) is 0 Å². The van der Waals surface area contributed by atoms with Crippen LogP contribution >= 0.6 is 0 Å². The van der Waals surface area contributed by atoms with Gasteiger partial charge in [-0.2, -0.15) is 39.5 Å². The molecule has 0 bridgehead atoms. The van der Waals surface area contributed by atoms with Gasteiger partial charge in [0, 0.05) is 18.3 Å². The number of nitrogens with zero attached hydrogens (tertiary/aromatic N) is 1. The first-order valence-corrected chi connectivity index (χ1v) is 10.1. The Bertz CT molecular complexity index is 1060. The van der Waals surface area contributed by atoms with Crippen LogP contribution in [0.4, 0.5) is 50.0 Å². The van der Waals surface area contributed by atoms with Crippen molar-refractivity contribution in [2.24, 2.45) is 0 Å². The highest BCUT2D eigenvalue weighted by molar-refractivity contribution is 5.70. The fourth-order valence-corrected chi connectivity index (χ4v) is 3.96. The standard InChI is InChI=1S/C22H19F9N2O2/c1-11-5-18(16-4-3-13(20(23,24)25)9-17(16)32-11)33(19(34)35-2)10-12-6-14(21(26,27)28)8-15(7-12)22(29,30)31/h3-4,6-9,11,18,32H,5,10H2,1-2H3/t11-,18+/m1/s1. The topological polar surface area (TPSA) is 41.6 Å². The largest absolute Gasteiger partial charge is 0.453 e. The molecular weight excluding hydrogens is 495 g/mol. The molecule has 0 saturated heterocycles. The first-order chi connectivity index (χ1) is 16.0. The maximum atomic E-state index is 13.3. The summed E-state index contributed by atoms with van der Waals surface area (Å²) in [5, 5.41) is 2.86. The zero-order valence-corrected chi connectivity index (χ0v) is 18.2. The molecule has 0 radical (unpaired) electrons. The average Bonchev–Trinajstić information content (AvgIpc) is 2.74. The Labute approximate surface area is 193 Å². The van der Waals surface area contributed by atoms with Crippen LogP contribution in [0, 0.1) is 0 Å². The Morgan fingerprint density at radius 2 is 1.46 bits per heavy atom. The van der Waals surface area contributed by atoms with Crippen molar-refractivity contribution in [1.82, 2.24) is 4.90 Å². The smallest absolute Gasteiger partial charge is 0.416 e. The monoisotopic (exact) mass is 514 g/mol. The Balaban J connectivity index is 2.09. The maximum absolute atomic E-state index is 13.3. The van der Waals surface area contributed by atoms with Crippen LogP contribution in [0.25, 0.3) is 0 Å². The van der Waals surface area contributed by atoms with Crippen LogP contribution in [0.3, 0.4) is 0 Å². The van der Waals surface area contributed by atoms with Crippen LogP contribution in [0.5, 0.6) is 0 Å². The number of hydrogen-bond acceptors (Lipinski definition) is 3. The minimum absolute atomic E-state index is 0.0352. The minimum atomic E-state index is -5.09. The third kappa shape index (κ3) is 5.93. The molecule has 0 spiro atoms. The minimum Gasteiger partial charge on any atom is -0.453 e. The van der Waals surface area contributed by atoms with E-state index < -0.39 is 65.5 Å². The summed E-state index contributed by atoms with van der Waals surface area (Å²) in [7, 11) is 0.973. The van der Waals surface area contributed by atoms with E-state index in [0.29, 0.717) is 12.1 Å². The predicted octanol–water partition coefficient (Wildman–Crippen LogP) is 7.26. The van der Waals surface area contributed by atoms with E-state index in [1.807, 2.05) is 0 Å². The first kappa shape index (κ1) is 26.5. The maximum Gasteiger partial charge on any atom is 0.416 e. The van der Waals surface area contributed by atoms with Gasteiger partial charge in [-0.25, -0.2) is 4.79 Å². The molecule has 0 saturated carbocycles. The Morgan fingerprint density at radius 3 is 1.94 bits per heavy atom. The first-order valence-electron chi connectivity index (χ1n) is 10.1. The van der Waals surface area contributed by atoms with E-state index in [9.17, 15) is 44.3 Å². The predicted molar refractivity (Wildman–Crippen MR) is 106 cm³/mol. The lowest BCUT2D eigenvalue weighted by Crippen LogP contribution is -2.40. The normalized spacial score (nSPS) is 18.5. The molecule has 0 aromatic heterocycles. The van der Waals surface area contributed by atoms with Crippen LogP contribution in [0.1, 0.15) is 47.2 Å². The van der Waals surface area contributed by atoms with E-state index in [2.05, 4.69) is 5.32 Å². The summed E-state index contributed by atoms with van der Waals surface area (Å²) in [6, 6.07) is 2.21. The van der Waals surface area contributed by atoms with Gasteiger partial charge in [0.05, 0.1) is 29.8 Å². The van der Waals surface area contributed by atoms with Crippen LogP contribution in [-0.4, -0.2) is 24.1 Å². The number of alkyl halides is 9. The lowest BCUT2D eigenvalue weighted by molar-refractivity contribution is -0.143. The molecule has 0 aliphatic carbocycles. The second kappa shape index (κ2) is 9.15. The second-order valence-electron chi connectivity index (χ2n) is 8.11. The van der Waals surface area contributed by atoms with Crippen molar-refractivity contribution in [1.29, 1.82) is 0 Å². The third-order valence-corrected chi connectivity index (χ3v) is 5.50. The number of carbonyl (C=O) groups is 1. The van der Waals surface area contributed by atoms with Crippen molar-refractivity contribution < 1.29 is 49.0 Å². The lowest BCUT2D eigenvalue weighted by atomic mass is 9.91. The van der Waals surface area contributed by atoms with Crippen molar-refractivity contribution in [2.45, 2.75) is 50.5 Å². The van der Waals surface area contributed by atoms with Crippen molar-refractivity contribution in [3.63, 3.8) is 0 Å². The summed E-state index contributed by atoms with van der Waals surface area (Å²) in [5.74, 6) is 0. The highest BCUT2D eigenvalue weighted by atomic mass is 19.4. The van der Waals surface area contributed by atoms with E-state index in [4.69, 9.17) is 4.74 Å². The molecule has 2 atom stereocenters. The zero-order valence-electron chi connectivity index (χ0n) is 18.2. The van der Waals surface area contributed by atoms with Crippen molar-refractivity contribution in [2.75, 3.05) is 12.4 Å². The number of rotatable bonds is 3. The summed E-state index contributed by atoms with van der Waals surface area (Å²) in [5.41, 5.74) is -4.30. The molecule has 2 aromatic rings. The van der Waals surface area contributed by atoms with Gasteiger partial charge < -0.3 is 10.1 Å².